The van der Waals surface area contributed by atoms with E-state index in [1.807, 2.05) is 0 Å². The fourth-order valence-corrected chi connectivity index (χ4v) is 6.21. The van der Waals surface area contributed by atoms with Crippen molar-refractivity contribution in [3.8, 4) is 0 Å². The highest BCUT2D eigenvalue weighted by Crippen LogP contribution is 2.28. The molecule has 38 heavy (non-hydrogen) atoms. The van der Waals surface area contributed by atoms with Crippen LogP contribution in [0, 0.1) is 17.5 Å². The Balaban J connectivity index is 0.00000336. The minimum Gasteiger partial charge on any atom is -0.379 e. The summed E-state index contributed by atoms with van der Waals surface area (Å²) in [5.41, 5.74) is 2.04. The van der Waals surface area contributed by atoms with Gasteiger partial charge in [-0.2, -0.15) is 9.40 Å². The molecular formula is C25H26ClF3N4O4S. The first-order chi connectivity index (χ1) is 17.7. The summed E-state index contributed by atoms with van der Waals surface area (Å²) in [5, 5.41) is 7.07. The number of aromatic nitrogens is 2. The molecule has 204 valence electrons. The summed E-state index contributed by atoms with van der Waals surface area (Å²) in [6, 6.07) is 6.66. The van der Waals surface area contributed by atoms with Crippen LogP contribution in [0.25, 0.3) is 0 Å². The normalized spacial score (nSPS) is 16.6. The van der Waals surface area contributed by atoms with Crippen molar-refractivity contribution in [3.05, 3.63) is 81.9 Å². The molecule has 2 aromatic carbocycles. The number of Topliss-reactive ketones (excluding diaryl/α,β-unsaturated/α-hetero) is 1. The topological polar surface area (TPSA) is 95.6 Å². The van der Waals surface area contributed by atoms with Crippen LogP contribution in [-0.2, 0) is 40.7 Å². The summed E-state index contributed by atoms with van der Waals surface area (Å²) in [6.07, 6.45) is 0.0425. The van der Waals surface area contributed by atoms with Crippen molar-refractivity contribution >= 4 is 28.2 Å². The predicted molar refractivity (Wildman–Crippen MR) is 134 cm³/mol. The molecule has 0 radical (unpaired) electrons. The lowest BCUT2D eigenvalue weighted by atomic mass is 9.97. The van der Waals surface area contributed by atoms with Crippen LogP contribution in [0.2, 0.25) is 0 Å². The van der Waals surface area contributed by atoms with Gasteiger partial charge in [0.25, 0.3) is 0 Å². The molecular weight excluding hydrogens is 545 g/mol. The first kappa shape index (κ1) is 28.2. The molecule has 0 spiro atoms. The van der Waals surface area contributed by atoms with Gasteiger partial charge in [0.05, 0.1) is 35.8 Å². The number of hydrogen-bond donors (Lipinski definition) is 1. The Labute approximate surface area is 224 Å². The zero-order valence-electron chi connectivity index (χ0n) is 20.3. The Bertz CT molecular complexity index is 1420. The second kappa shape index (κ2) is 11.5. The van der Waals surface area contributed by atoms with Crippen LogP contribution < -0.4 is 0 Å². The van der Waals surface area contributed by atoms with Crippen LogP contribution in [0.1, 0.15) is 32.9 Å². The lowest BCUT2D eigenvalue weighted by Gasteiger charge is -2.27. The molecule has 0 bridgehead atoms. The zero-order valence-corrected chi connectivity index (χ0v) is 21.9. The molecule has 0 saturated carbocycles. The third-order valence-electron chi connectivity index (χ3n) is 6.66. The maximum Gasteiger partial charge on any atom is 0.243 e. The van der Waals surface area contributed by atoms with Gasteiger partial charge in [0.15, 0.2) is 5.78 Å². The second-order valence-electron chi connectivity index (χ2n) is 9.08. The SMILES string of the molecule is Cl.O=C(Cc1n[nH]c2c1CN(S(=O)(=O)c1cc(F)cc(F)c1)CC2)c1c(F)cccc1CN1CCOCC1. The van der Waals surface area contributed by atoms with Gasteiger partial charge in [0.2, 0.25) is 10.0 Å². The van der Waals surface area contributed by atoms with Crippen LogP contribution in [0.15, 0.2) is 41.3 Å². The number of rotatable bonds is 7. The minimum atomic E-state index is -4.20. The molecule has 0 atom stereocenters. The number of nitrogens with zero attached hydrogens (tertiary/aromatic N) is 3. The number of benzene rings is 2. The van der Waals surface area contributed by atoms with Crippen molar-refractivity contribution in [2.75, 3.05) is 32.8 Å². The fourth-order valence-electron chi connectivity index (χ4n) is 4.76. The Kier molecular flexibility index (Phi) is 8.58. The van der Waals surface area contributed by atoms with E-state index in [9.17, 15) is 26.4 Å². The van der Waals surface area contributed by atoms with Crippen LogP contribution in [-0.4, -0.2) is 66.5 Å². The van der Waals surface area contributed by atoms with E-state index in [4.69, 9.17) is 4.74 Å². The molecule has 2 aliphatic heterocycles. The number of hydrogen-bond acceptors (Lipinski definition) is 6. The fraction of sp³-hybridized carbons (Fsp3) is 0.360. The quantitative estimate of drug-likeness (QED) is 0.438. The van der Waals surface area contributed by atoms with Gasteiger partial charge in [0, 0.05) is 56.5 Å². The van der Waals surface area contributed by atoms with Crippen molar-refractivity contribution in [2.45, 2.75) is 30.8 Å². The molecule has 0 aliphatic carbocycles. The third kappa shape index (κ3) is 5.79. The summed E-state index contributed by atoms with van der Waals surface area (Å²) in [5.74, 6) is -3.09. The maximum absolute atomic E-state index is 14.9. The van der Waals surface area contributed by atoms with Gasteiger partial charge in [-0.15, -0.1) is 12.4 Å². The van der Waals surface area contributed by atoms with Gasteiger partial charge in [-0.25, -0.2) is 21.6 Å². The van der Waals surface area contributed by atoms with Gasteiger partial charge < -0.3 is 4.74 Å². The van der Waals surface area contributed by atoms with E-state index in [1.54, 1.807) is 12.1 Å². The number of sulfonamides is 1. The second-order valence-corrected chi connectivity index (χ2v) is 11.0. The van der Waals surface area contributed by atoms with E-state index in [1.165, 1.54) is 6.07 Å². The summed E-state index contributed by atoms with van der Waals surface area (Å²) < 4.78 is 74.8. The average molecular weight is 571 g/mol. The summed E-state index contributed by atoms with van der Waals surface area (Å²) in [6.45, 7) is 2.83. The number of carbonyl (C=O) groups is 1. The van der Waals surface area contributed by atoms with Crippen molar-refractivity contribution in [3.63, 3.8) is 0 Å². The lowest BCUT2D eigenvalue weighted by molar-refractivity contribution is 0.0340. The largest absolute Gasteiger partial charge is 0.379 e. The van der Waals surface area contributed by atoms with Gasteiger partial charge in [0.1, 0.15) is 17.5 Å². The van der Waals surface area contributed by atoms with E-state index in [0.29, 0.717) is 61.4 Å². The molecule has 1 N–H and O–H groups in total. The van der Waals surface area contributed by atoms with Crippen LogP contribution in [0.4, 0.5) is 13.2 Å². The number of ether oxygens (including phenoxy) is 1. The number of nitrogens with one attached hydrogen (secondary N) is 1. The van der Waals surface area contributed by atoms with E-state index in [2.05, 4.69) is 15.1 Å². The van der Waals surface area contributed by atoms with Crippen LogP contribution in [0.3, 0.4) is 0 Å². The number of H-pyrrole nitrogens is 1. The Morgan fingerprint density at radius 2 is 1.76 bits per heavy atom. The Morgan fingerprint density at radius 1 is 1.05 bits per heavy atom. The summed E-state index contributed by atoms with van der Waals surface area (Å²) in [7, 11) is -4.20. The summed E-state index contributed by atoms with van der Waals surface area (Å²) >= 11 is 0. The molecule has 0 amide bonds. The first-order valence-corrected chi connectivity index (χ1v) is 13.3. The van der Waals surface area contributed by atoms with E-state index in [0.717, 1.165) is 16.4 Å². The number of carbonyl (C=O) groups excluding carboxylic acids is 1. The van der Waals surface area contributed by atoms with Gasteiger partial charge in [-0.1, -0.05) is 12.1 Å². The maximum atomic E-state index is 14.9. The molecule has 3 aromatic rings. The Hall–Kier alpha value is -2.77. The highest BCUT2D eigenvalue weighted by atomic mass is 35.5. The van der Waals surface area contributed by atoms with E-state index < -0.39 is 38.2 Å². The van der Waals surface area contributed by atoms with Gasteiger partial charge in [-0.05, 0) is 23.8 Å². The van der Waals surface area contributed by atoms with Gasteiger partial charge >= 0.3 is 0 Å². The number of morpholine rings is 1. The van der Waals surface area contributed by atoms with E-state index >= 15 is 0 Å². The third-order valence-corrected chi connectivity index (χ3v) is 8.49. The monoisotopic (exact) mass is 570 g/mol. The Morgan fingerprint density at radius 3 is 2.47 bits per heavy atom. The van der Waals surface area contributed by atoms with Gasteiger partial charge in [-0.3, -0.25) is 14.8 Å². The lowest BCUT2D eigenvalue weighted by Crippen LogP contribution is -2.36. The molecule has 2 aliphatic rings. The standard InChI is InChI=1S/C25H25F3N4O4S.ClH/c26-17-10-18(27)12-19(11-17)37(34,35)32-5-4-22-20(15-32)23(30-29-22)13-24(33)25-16(2-1-3-21(25)28)14-31-6-8-36-9-7-31;/h1-3,10-12H,4-9,13-15H2,(H,29,30);1H. The summed E-state index contributed by atoms with van der Waals surface area (Å²) in [4.78, 5) is 14.9. The molecule has 0 unspecified atom stereocenters. The number of fused-ring (bicyclic) bond motifs is 1. The van der Waals surface area contributed by atoms with Crippen molar-refractivity contribution in [1.82, 2.24) is 19.4 Å². The molecule has 1 aromatic heterocycles. The molecule has 8 nitrogen and oxygen atoms in total. The number of ketones is 1. The van der Waals surface area contributed by atoms with Crippen molar-refractivity contribution in [1.29, 1.82) is 0 Å². The van der Waals surface area contributed by atoms with Crippen molar-refractivity contribution in [2.24, 2.45) is 0 Å². The average Bonchev–Trinajstić information content (AvgIpc) is 3.26. The molecule has 13 heteroatoms. The van der Waals surface area contributed by atoms with Crippen LogP contribution >= 0.6 is 12.4 Å². The first-order valence-electron chi connectivity index (χ1n) is 11.8. The molecule has 1 fully saturated rings. The zero-order chi connectivity index (χ0) is 26.2. The van der Waals surface area contributed by atoms with Crippen molar-refractivity contribution < 1.29 is 31.1 Å². The highest BCUT2D eigenvalue weighted by molar-refractivity contribution is 7.89. The highest BCUT2D eigenvalue weighted by Gasteiger charge is 2.32. The molecule has 3 heterocycles. The number of halogens is 4. The molecule has 1 saturated heterocycles. The van der Waals surface area contributed by atoms with E-state index in [-0.39, 0.29) is 43.9 Å². The number of aromatic amines is 1. The predicted octanol–water partition coefficient (Wildman–Crippen LogP) is 3.25. The molecule has 5 rings (SSSR count). The minimum absolute atomic E-state index is 0. The smallest absolute Gasteiger partial charge is 0.243 e. The van der Waals surface area contributed by atoms with Crippen LogP contribution in [0.5, 0.6) is 0 Å².